The first kappa shape index (κ1) is 13.4. The van der Waals surface area contributed by atoms with Crippen LogP contribution in [-0.4, -0.2) is 19.1 Å². The molecule has 3 rings (SSSR count). The van der Waals surface area contributed by atoms with Crippen LogP contribution in [-0.2, 0) is 0 Å². The number of anilines is 1. The molecule has 2 aromatic carbocycles. The summed E-state index contributed by atoms with van der Waals surface area (Å²) in [5, 5.41) is 0. The molecule has 0 saturated heterocycles. The maximum atomic E-state index is 13.7. The van der Waals surface area contributed by atoms with Crippen molar-refractivity contribution in [2.75, 3.05) is 19.0 Å². The minimum atomic E-state index is -0.336. The Bertz CT molecular complexity index is 791. The van der Waals surface area contributed by atoms with Crippen molar-refractivity contribution < 1.29 is 8.81 Å². The van der Waals surface area contributed by atoms with Crippen LogP contribution >= 0.6 is 0 Å². The molecule has 0 amide bonds. The van der Waals surface area contributed by atoms with Crippen molar-refractivity contribution in [3.8, 4) is 0 Å². The Hall–Kier alpha value is -2.62. The van der Waals surface area contributed by atoms with Crippen molar-refractivity contribution >= 4 is 29.3 Å². The van der Waals surface area contributed by atoms with E-state index in [0.717, 1.165) is 5.56 Å². The fraction of sp³-hybridized carbons (Fsp3) is 0.118. The summed E-state index contributed by atoms with van der Waals surface area (Å²) in [5.41, 5.74) is 2.86. The standard InChI is InChI=1S/C17H15FN2O/c1-20(2)17-19-16-13(10-14(18)11-15(16)21-17)9-8-12-6-4-3-5-7-12/h3-11H,1-2H3. The van der Waals surface area contributed by atoms with E-state index in [1.165, 1.54) is 12.1 Å². The lowest BCUT2D eigenvalue weighted by Gasteiger charge is -2.03. The van der Waals surface area contributed by atoms with Gasteiger partial charge in [0.05, 0.1) is 0 Å². The molecule has 0 N–H and O–H groups in total. The second-order valence-corrected chi connectivity index (χ2v) is 4.98. The predicted octanol–water partition coefficient (Wildman–Crippen LogP) is 4.20. The van der Waals surface area contributed by atoms with Gasteiger partial charge in [-0.2, -0.15) is 4.98 Å². The molecule has 21 heavy (non-hydrogen) atoms. The number of halogens is 1. The SMILES string of the molecule is CN(C)c1nc2c(C=Cc3ccccc3)cc(F)cc2o1. The zero-order valence-corrected chi connectivity index (χ0v) is 11.9. The lowest BCUT2D eigenvalue weighted by Crippen LogP contribution is -2.08. The molecule has 3 aromatic rings. The van der Waals surface area contributed by atoms with E-state index in [-0.39, 0.29) is 5.82 Å². The number of nitrogens with zero attached hydrogens (tertiary/aromatic N) is 2. The van der Waals surface area contributed by atoms with Gasteiger partial charge in [-0.3, -0.25) is 0 Å². The second kappa shape index (κ2) is 5.40. The van der Waals surface area contributed by atoms with Gasteiger partial charge in [0.2, 0.25) is 0 Å². The average molecular weight is 282 g/mol. The van der Waals surface area contributed by atoms with Crippen LogP contribution in [0.3, 0.4) is 0 Å². The van der Waals surface area contributed by atoms with Crippen LogP contribution in [0.5, 0.6) is 0 Å². The van der Waals surface area contributed by atoms with Gasteiger partial charge in [0.15, 0.2) is 5.58 Å². The highest BCUT2D eigenvalue weighted by molar-refractivity contribution is 5.88. The number of fused-ring (bicyclic) bond motifs is 1. The molecule has 0 saturated carbocycles. The highest BCUT2D eigenvalue weighted by atomic mass is 19.1. The highest BCUT2D eigenvalue weighted by Gasteiger charge is 2.11. The minimum absolute atomic E-state index is 0.336. The van der Waals surface area contributed by atoms with Crippen molar-refractivity contribution in [1.29, 1.82) is 0 Å². The molecule has 0 radical (unpaired) electrons. The number of aromatic nitrogens is 1. The van der Waals surface area contributed by atoms with Crippen molar-refractivity contribution in [2.24, 2.45) is 0 Å². The summed E-state index contributed by atoms with van der Waals surface area (Å²) in [7, 11) is 3.67. The van der Waals surface area contributed by atoms with E-state index in [4.69, 9.17) is 4.42 Å². The molecule has 4 heteroatoms. The molecule has 0 aliphatic heterocycles. The molecule has 3 nitrogen and oxygen atoms in total. The van der Waals surface area contributed by atoms with Crippen molar-refractivity contribution in [1.82, 2.24) is 4.98 Å². The van der Waals surface area contributed by atoms with Gasteiger partial charge in [0, 0.05) is 25.7 Å². The summed E-state index contributed by atoms with van der Waals surface area (Å²) in [6, 6.07) is 13.1. The van der Waals surface area contributed by atoms with Crippen LogP contribution in [0.15, 0.2) is 46.9 Å². The molecular weight excluding hydrogens is 267 g/mol. The molecule has 0 unspecified atom stereocenters. The van der Waals surface area contributed by atoms with Gasteiger partial charge in [0.25, 0.3) is 6.01 Å². The molecule has 0 fully saturated rings. The van der Waals surface area contributed by atoms with Crippen LogP contribution in [0, 0.1) is 5.82 Å². The van der Waals surface area contributed by atoms with E-state index >= 15 is 0 Å². The minimum Gasteiger partial charge on any atom is -0.423 e. The summed E-state index contributed by atoms with van der Waals surface area (Å²) >= 11 is 0. The van der Waals surface area contributed by atoms with Crippen LogP contribution < -0.4 is 4.90 Å². The van der Waals surface area contributed by atoms with E-state index in [2.05, 4.69) is 4.98 Å². The molecule has 0 atom stereocenters. The van der Waals surface area contributed by atoms with Crippen LogP contribution in [0.2, 0.25) is 0 Å². The summed E-state index contributed by atoms with van der Waals surface area (Å²) in [5.74, 6) is -0.336. The summed E-state index contributed by atoms with van der Waals surface area (Å²) in [6.45, 7) is 0. The Morgan fingerprint density at radius 2 is 1.86 bits per heavy atom. The number of benzene rings is 2. The molecule has 0 aliphatic carbocycles. The topological polar surface area (TPSA) is 29.3 Å². The van der Waals surface area contributed by atoms with Crippen molar-refractivity contribution in [3.05, 3.63) is 59.4 Å². The fourth-order valence-corrected chi connectivity index (χ4v) is 2.08. The summed E-state index contributed by atoms with van der Waals surface area (Å²) in [6.07, 6.45) is 3.78. The quantitative estimate of drug-likeness (QED) is 0.674. The van der Waals surface area contributed by atoms with E-state index in [1.54, 1.807) is 4.90 Å². The van der Waals surface area contributed by atoms with Crippen molar-refractivity contribution in [3.63, 3.8) is 0 Å². The van der Waals surface area contributed by atoms with Crippen LogP contribution in [0.1, 0.15) is 11.1 Å². The monoisotopic (exact) mass is 282 g/mol. The molecule has 1 aromatic heterocycles. The molecule has 0 spiro atoms. The maximum Gasteiger partial charge on any atom is 0.297 e. The Labute approximate surface area is 122 Å². The number of oxazole rings is 1. The lowest BCUT2D eigenvalue weighted by molar-refractivity contribution is 0.587. The summed E-state index contributed by atoms with van der Waals surface area (Å²) in [4.78, 5) is 6.16. The molecule has 1 heterocycles. The first-order valence-corrected chi connectivity index (χ1v) is 6.64. The number of rotatable bonds is 3. The number of hydrogen-bond acceptors (Lipinski definition) is 3. The predicted molar refractivity (Wildman–Crippen MR) is 83.7 cm³/mol. The Morgan fingerprint density at radius 3 is 2.57 bits per heavy atom. The van der Waals surface area contributed by atoms with Gasteiger partial charge in [0.1, 0.15) is 11.3 Å². The zero-order valence-electron chi connectivity index (χ0n) is 11.9. The van der Waals surface area contributed by atoms with Gasteiger partial charge in [-0.25, -0.2) is 4.39 Å². The maximum absolute atomic E-state index is 13.7. The zero-order chi connectivity index (χ0) is 14.8. The summed E-state index contributed by atoms with van der Waals surface area (Å²) < 4.78 is 19.2. The molecule has 0 bridgehead atoms. The van der Waals surface area contributed by atoms with Gasteiger partial charge in [-0.1, -0.05) is 42.5 Å². The fourth-order valence-electron chi connectivity index (χ4n) is 2.08. The first-order chi connectivity index (χ1) is 10.1. The Morgan fingerprint density at radius 1 is 1.10 bits per heavy atom. The Balaban J connectivity index is 2.07. The second-order valence-electron chi connectivity index (χ2n) is 4.98. The smallest absolute Gasteiger partial charge is 0.297 e. The van der Waals surface area contributed by atoms with Crippen molar-refractivity contribution in [2.45, 2.75) is 0 Å². The lowest BCUT2D eigenvalue weighted by atomic mass is 10.1. The third kappa shape index (κ3) is 2.79. The van der Waals surface area contributed by atoms with Crippen LogP contribution in [0.25, 0.3) is 23.3 Å². The third-order valence-electron chi connectivity index (χ3n) is 3.12. The van der Waals surface area contributed by atoms with E-state index in [9.17, 15) is 4.39 Å². The van der Waals surface area contributed by atoms with Gasteiger partial charge < -0.3 is 9.32 Å². The normalized spacial score (nSPS) is 11.4. The van der Waals surface area contributed by atoms with Gasteiger partial charge >= 0.3 is 0 Å². The van der Waals surface area contributed by atoms with E-state index in [1.807, 2.05) is 56.6 Å². The third-order valence-corrected chi connectivity index (χ3v) is 3.12. The molecule has 0 aliphatic rings. The van der Waals surface area contributed by atoms with Gasteiger partial charge in [-0.05, 0) is 11.6 Å². The van der Waals surface area contributed by atoms with E-state index in [0.29, 0.717) is 22.7 Å². The molecular formula is C17H15FN2O. The first-order valence-electron chi connectivity index (χ1n) is 6.64. The number of hydrogen-bond donors (Lipinski definition) is 0. The molecule has 106 valence electrons. The Kier molecular flexibility index (Phi) is 3.44. The average Bonchev–Trinajstić information content (AvgIpc) is 2.90. The largest absolute Gasteiger partial charge is 0.423 e. The van der Waals surface area contributed by atoms with E-state index < -0.39 is 0 Å². The van der Waals surface area contributed by atoms with Crippen LogP contribution in [0.4, 0.5) is 10.4 Å². The van der Waals surface area contributed by atoms with Gasteiger partial charge in [-0.15, -0.1) is 0 Å². The highest BCUT2D eigenvalue weighted by Crippen LogP contribution is 2.26.